The van der Waals surface area contributed by atoms with Crippen LogP contribution in [0.1, 0.15) is 71.3 Å². The van der Waals surface area contributed by atoms with Crippen molar-refractivity contribution in [1.29, 1.82) is 0 Å². The fraction of sp³-hybridized carbons (Fsp3) is 0.643. The van der Waals surface area contributed by atoms with Gasteiger partial charge in [0, 0.05) is 50.5 Å². The normalized spacial score (nSPS) is 22.1. The maximum atomic E-state index is 13.6. The molecule has 9 heteroatoms. The van der Waals surface area contributed by atoms with Crippen molar-refractivity contribution in [2.75, 3.05) is 26.2 Å². The Balaban J connectivity index is 1.55. The van der Waals surface area contributed by atoms with Gasteiger partial charge < -0.3 is 20.9 Å². The summed E-state index contributed by atoms with van der Waals surface area (Å²) in [5.74, 6) is -0.512. The lowest BCUT2D eigenvalue weighted by Gasteiger charge is -2.45. The number of carbonyl (C=O) groups excluding carboxylic acids is 4. The molecule has 1 aromatic carbocycles. The minimum atomic E-state index is -0.593. The number of nitrogens with one attached hydrogen (secondary N) is 1. The van der Waals surface area contributed by atoms with E-state index in [1.165, 1.54) is 5.56 Å². The van der Waals surface area contributed by atoms with Crippen LogP contribution in [0.5, 0.6) is 0 Å². The smallest absolute Gasteiger partial charge is 0.245 e. The van der Waals surface area contributed by atoms with E-state index in [-0.39, 0.29) is 54.2 Å². The Morgan fingerprint density at radius 1 is 1.05 bits per heavy atom. The molecular formula is C28H41ClN4O4. The molecule has 3 atom stereocenters. The molecule has 2 aliphatic heterocycles. The minimum absolute atomic E-state index is 0.0341. The third kappa shape index (κ3) is 7.69. The molecule has 0 saturated carbocycles. The SMILES string of the molecule is CC(C)[C@@H](NC(=O)C[C@@H]1CCN(C(=O)CCC(N)=O)C1)C(=O)N1CCC(c2ccc(Cl)cc2)C(C)(C)C1. The minimum Gasteiger partial charge on any atom is -0.370 e. The van der Waals surface area contributed by atoms with Crippen molar-refractivity contribution in [2.24, 2.45) is 23.0 Å². The quantitative estimate of drug-likeness (QED) is 0.508. The Morgan fingerprint density at radius 3 is 2.30 bits per heavy atom. The van der Waals surface area contributed by atoms with Gasteiger partial charge in [0.25, 0.3) is 0 Å². The van der Waals surface area contributed by atoms with Crippen molar-refractivity contribution >= 4 is 35.2 Å². The number of nitrogens with two attached hydrogens (primary N) is 1. The molecule has 8 nitrogen and oxygen atoms in total. The number of amides is 4. The maximum Gasteiger partial charge on any atom is 0.245 e. The van der Waals surface area contributed by atoms with E-state index in [0.29, 0.717) is 37.1 Å². The van der Waals surface area contributed by atoms with E-state index in [9.17, 15) is 19.2 Å². The standard InChI is InChI=1S/C28H41ClN4O4/c1-18(2)26(31-24(35)15-19-11-13-32(16-19)25(36)10-9-23(30)34)27(37)33-14-12-22(28(3,4)17-33)20-5-7-21(29)8-6-20/h5-8,18-19,22,26H,9-17H2,1-4H3,(H2,30,34)(H,31,35)/t19-,22?,26+/m0/s1. The van der Waals surface area contributed by atoms with Crippen molar-refractivity contribution < 1.29 is 19.2 Å². The monoisotopic (exact) mass is 532 g/mol. The molecule has 37 heavy (non-hydrogen) atoms. The van der Waals surface area contributed by atoms with Crippen LogP contribution in [0.3, 0.4) is 0 Å². The second-order valence-corrected chi connectivity index (χ2v) is 12.0. The molecule has 0 bridgehead atoms. The van der Waals surface area contributed by atoms with Gasteiger partial charge in [-0.25, -0.2) is 0 Å². The predicted molar refractivity (Wildman–Crippen MR) is 144 cm³/mol. The molecule has 0 spiro atoms. The zero-order chi connectivity index (χ0) is 27.3. The number of primary amides is 1. The number of likely N-dealkylation sites (tertiary alicyclic amines) is 2. The Kier molecular flexibility index (Phi) is 9.62. The molecule has 3 rings (SSSR count). The third-order valence-electron chi connectivity index (χ3n) is 7.76. The summed E-state index contributed by atoms with van der Waals surface area (Å²) in [6.45, 7) is 10.6. The van der Waals surface area contributed by atoms with Crippen LogP contribution in [0.15, 0.2) is 24.3 Å². The topological polar surface area (TPSA) is 113 Å². The zero-order valence-corrected chi connectivity index (χ0v) is 23.2. The van der Waals surface area contributed by atoms with Gasteiger partial charge >= 0.3 is 0 Å². The average molecular weight is 533 g/mol. The molecular weight excluding hydrogens is 492 g/mol. The molecule has 0 aromatic heterocycles. The Morgan fingerprint density at radius 2 is 1.70 bits per heavy atom. The Bertz CT molecular complexity index is 994. The average Bonchev–Trinajstić information content (AvgIpc) is 3.29. The number of rotatable bonds is 9. The number of piperidine rings is 1. The molecule has 3 N–H and O–H groups in total. The van der Waals surface area contributed by atoms with E-state index < -0.39 is 11.9 Å². The lowest BCUT2D eigenvalue weighted by Crippen LogP contribution is -2.56. The first-order valence-corrected chi connectivity index (χ1v) is 13.6. The van der Waals surface area contributed by atoms with Gasteiger partial charge in [0.2, 0.25) is 23.6 Å². The van der Waals surface area contributed by atoms with Gasteiger partial charge in [-0.05, 0) is 53.7 Å². The molecule has 1 aromatic rings. The lowest BCUT2D eigenvalue weighted by molar-refractivity contribution is -0.141. The summed E-state index contributed by atoms with van der Waals surface area (Å²) in [6, 6.07) is 7.37. The van der Waals surface area contributed by atoms with Gasteiger partial charge in [-0.2, -0.15) is 0 Å². The number of benzene rings is 1. The van der Waals surface area contributed by atoms with Gasteiger partial charge in [-0.3, -0.25) is 19.2 Å². The summed E-state index contributed by atoms with van der Waals surface area (Å²) >= 11 is 6.07. The highest BCUT2D eigenvalue weighted by Crippen LogP contribution is 2.42. The van der Waals surface area contributed by atoms with E-state index in [0.717, 1.165) is 12.8 Å². The molecule has 2 aliphatic rings. The Labute approximate surface area is 225 Å². The van der Waals surface area contributed by atoms with E-state index in [2.05, 4.69) is 31.3 Å². The van der Waals surface area contributed by atoms with Crippen LogP contribution in [0.4, 0.5) is 0 Å². The summed E-state index contributed by atoms with van der Waals surface area (Å²) in [6.07, 6.45) is 1.97. The molecule has 0 radical (unpaired) electrons. The number of nitrogens with zero attached hydrogens (tertiary/aromatic N) is 2. The summed E-state index contributed by atoms with van der Waals surface area (Å²) in [5.41, 5.74) is 6.24. The first-order valence-electron chi connectivity index (χ1n) is 13.3. The first kappa shape index (κ1) is 29.0. The molecule has 2 saturated heterocycles. The number of hydrogen-bond donors (Lipinski definition) is 2. The van der Waals surface area contributed by atoms with Crippen molar-refractivity contribution in [3.8, 4) is 0 Å². The molecule has 2 fully saturated rings. The molecule has 0 aliphatic carbocycles. The van der Waals surface area contributed by atoms with Crippen LogP contribution >= 0.6 is 11.6 Å². The molecule has 4 amide bonds. The highest BCUT2D eigenvalue weighted by Gasteiger charge is 2.40. The van der Waals surface area contributed by atoms with Crippen molar-refractivity contribution in [3.63, 3.8) is 0 Å². The fourth-order valence-electron chi connectivity index (χ4n) is 5.68. The van der Waals surface area contributed by atoms with E-state index in [4.69, 9.17) is 17.3 Å². The third-order valence-corrected chi connectivity index (χ3v) is 8.01. The van der Waals surface area contributed by atoms with E-state index in [1.807, 2.05) is 30.9 Å². The van der Waals surface area contributed by atoms with Crippen LogP contribution < -0.4 is 11.1 Å². The molecule has 2 heterocycles. The predicted octanol–water partition coefficient (Wildman–Crippen LogP) is 3.33. The van der Waals surface area contributed by atoms with Crippen molar-refractivity contribution in [3.05, 3.63) is 34.9 Å². The number of halogens is 1. The van der Waals surface area contributed by atoms with E-state index >= 15 is 0 Å². The van der Waals surface area contributed by atoms with Crippen LogP contribution in [-0.4, -0.2) is 65.6 Å². The summed E-state index contributed by atoms with van der Waals surface area (Å²) in [5, 5.41) is 3.70. The van der Waals surface area contributed by atoms with Crippen molar-refractivity contribution in [1.82, 2.24) is 15.1 Å². The van der Waals surface area contributed by atoms with Crippen LogP contribution in [0, 0.1) is 17.3 Å². The fourth-order valence-corrected chi connectivity index (χ4v) is 5.80. The summed E-state index contributed by atoms with van der Waals surface area (Å²) in [7, 11) is 0. The largest absolute Gasteiger partial charge is 0.370 e. The second kappa shape index (κ2) is 12.3. The van der Waals surface area contributed by atoms with Crippen LogP contribution in [0.25, 0.3) is 0 Å². The molecule has 204 valence electrons. The van der Waals surface area contributed by atoms with Gasteiger partial charge in [0.05, 0.1) is 0 Å². The number of hydrogen-bond acceptors (Lipinski definition) is 4. The lowest BCUT2D eigenvalue weighted by atomic mass is 9.70. The van der Waals surface area contributed by atoms with Crippen LogP contribution in [0.2, 0.25) is 5.02 Å². The number of carbonyl (C=O) groups is 4. The highest BCUT2D eigenvalue weighted by molar-refractivity contribution is 6.30. The van der Waals surface area contributed by atoms with Gasteiger partial charge in [0.15, 0.2) is 0 Å². The van der Waals surface area contributed by atoms with Gasteiger partial charge in [-0.15, -0.1) is 0 Å². The zero-order valence-electron chi connectivity index (χ0n) is 22.5. The first-order chi connectivity index (χ1) is 17.4. The van der Waals surface area contributed by atoms with Gasteiger partial charge in [0.1, 0.15) is 6.04 Å². The maximum absolute atomic E-state index is 13.6. The van der Waals surface area contributed by atoms with Crippen LogP contribution in [-0.2, 0) is 19.2 Å². The highest BCUT2D eigenvalue weighted by atomic mass is 35.5. The van der Waals surface area contributed by atoms with Crippen molar-refractivity contribution in [2.45, 2.75) is 71.8 Å². The summed E-state index contributed by atoms with van der Waals surface area (Å²) < 4.78 is 0. The van der Waals surface area contributed by atoms with E-state index in [1.54, 1.807) is 4.90 Å². The Hall–Kier alpha value is -2.61. The second-order valence-electron chi connectivity index (χ2n) is 11.6. The summed E-state index contributed by atoms with van der Waals surface area (Å²) in [4.78, 5) is 53.3. The molecule has 1 unspecified atom stereocenters. The van der Waals surface area contributed by atoms with Gasteiger partial charge in [-0.1, -0.05) is 51.4 Å².